The Morgan fingerprint density at radius 1 is 1.35 bits per heavy atom. The number of likely N-dealkylation sites (N-methyl/N-ethyl adjacent to an activating group) is 1. The largest absolute Gasteiger partial charge is 0.494 e. The molecule has 0 spiro atoms. The van der Waals surface area contributed by atoms with Crippen LogP contribution in [0.5, 0.6) is 0 Å². The number of carbonyl (C=O) groups excluding carboxylic acids is 1. The molecule has 0 atom stereocenters. The molecule has 2 aromatic rings. The smallest absolute Gasteiger partial charge is 0.298 e. The van der Waals surface area contributed by atoms with E-state index in [-0.39, 0.29) is 11.7 Å². The van der Waals surface area contributed by atoms with Gasteiger partial charge in [0, 0.05) is 0 Å². The molecule has 1 aliphatic heterocycles. The van der Waals surface area contributed by atoms with E-state index >= 15 is 0 Å². The number of amides is 1. The third kappa shape index (κ3) is 3.62. The zero-order chi connectivity index (χ0) is 16.2. The molecule has 0 unspecified atom stereocenters. The number of carbonyl (C=O) groups is 1. The van der Waals surface area contributed by atoms with Crippen LogP contribution in [0.25, 0.3) is 10.2 Å². The SMILES string of the molecule is C[NH+](C)CCN(C(=O)C1=COCCO1)c1nc2ccccc2s1. The van der Waals surface area contributed by atoms with E-state index in [1.165, 1.54) is 22.5 Å². The van der Waals surface area contributed by atoms with Gasteiger partial charge in [-0.05, 0) is 12.1 Å². The summed E-state index contributed by atoms with van der Waals surface area (Å²) in [6.45, 7) is 2.25. The third-order valence-electron chi connectivity index (χ3n) is 3.45. The summed E-state index contributed by atoms with van der Waals surface area (Å²) >= 11 is 1.51. The standard InChI is InChI=1S/C16H19N3O3S/c1-18(2)7-8-19(15(20)13-11-21-9-10-22-13)16-17-12-5-3-4-6-14(12)23-16/h3-6,11H,7-10H2,1-2H3/p+1. The maximum Gasteiger partial charge on any atom is 0.298 e. The summed E-state index contributed by atoms with van der Waals surface area (Å²) in [6, 6.07) is 7.88. The highest BCUT2D eigenvalue weighted by Gasteiger charge is 2.26. The molecule has 1 aromatic heterocycles. The van der Waals surface area contributed by atoms with E-state index in [0.29, 0.717) is 24.9 Å². The summed E-state index contributed by atoms with van der Waals surface area (Å²) < 4.78 is 11.7. The van der Waals surface area contributed by atoms with Crippen LogP contribution in [-0.4, -0.2) is 51.3 Å². The van der Waals surface area contributed by atoms with Crippen molar-refractivity contribution >= 4 is 32.6 Å². The molecular weight excluding hydrogens is 314 g/mol. The lowest BCUT2D eigenvalue weighted by Crippen LogP contribution is -3.06. The number of benzene rings is 1. The molecule has 122 valence electrons. The number of quaternary nitrogens is 1. The van der Waals surface area contributed by atoms with Crippen molar-refractivity contribution in [2.24, 2.45) is 0 Å². The molecule has 3 rings (SSSR count). The Morgan fingerprint density at radius 2 is 2.17 bits per heavy atom. The van der Waals surface area contributed by atoms with E-state index in [1.807, 2.05) is 24.3 Å². The number of aromatic nitrogens is 1. The lowest BCUT2D eigenvalue weighted by Gasteiger charge is -2.23. The summed E-state index contributed by atoms with van der Waals surface area (Å²) in [5.41, 5.74) is 0.900. The summed E-state index contributed by atoms with van der Waals surface area (Å²) in [5, 5.41) is 0.688. The minimum absolute atomic E-state index is 0.204. The highest BCUT2D eigenvalue weighted by molar-refractivity contribution is 7.22. The van der Waals surface area contributed by atoms with Crippen LogP contribution in [0.2, 0.25) is 0 Å². The fourth-order valence-corrected chi connectivity index (χ4v) is 3.20. The van der Waals surface area contributed by atoms with Crippen LogP contribution in [0.4, 0.5) is 5.13 Å². The Bertz CT molecular complexity index is 693. The average molecular weight is 334 g/mol. The van der Waals surface area contributed by atoms with Crippen molar-refractivity contribution in [3.8, 4) is 0 Å². The van der Waals surface area contributed by atoms with Gasteiger partial charge in [0.15, 0.2) is 5.13 Å². The molecule has 23 heavy (non-hydrogen) atoms. The van der Waals surface area contributed by atoms with E-state index in [4.69, 9.17) is 9.47 Å². The van der Waals surface area contributed by atoms with Crippen LogP contribution < -0.4 is 9.80 Å². The van der Waals surface area contributed by atoms with Crippen molar-refractivity contribution in [2.75, 3.05) is 45.3 Å². The summed E-state index contributed by atoms with van der Waals surface area (Å²) in [4.78, 5) is 20.3. The molecule has 0 saturated carbocycles. The van der Waals surface area contributed by atoms with E-state index in [2.05, 4.69) is 19.1 Å². The molecular formula is C16H20N3O3S+. The van der Waals surface area contributed by atoms with E-state index in [9.17, 15) is 4.79 Å². The van der Waals surface area contributed by atoms with Gasteiger partial charge in [-0.1, -0.05) is 23.5 Å². The number of nitrogens with zero attached hydrogens (tertiary/aromatic N) is 2. The summed E-state index contributed by atoms with van der Waals surface area (Å²) in [5.74, 6) is 0.0364. The lowest BCUT2D eigenvalue weighted by atomic mass is 10.3. The normalized spacial score (nSPS) is 14.3. The molecule has 0 radical (unpaired) electrons. The number of hydrogen-bond acceptors (Lipinski definition) is 5. The maximum absolute atomic E-state index is 12.8. The Balaban J connectivity index is 1.90. The van der Waals surface area contributed by atoms with Crippen molar-refractivity contribution in [1.29, 1.82) is 0 Å². The third-order valence-corrected chi connectivity index (χ3v) is 4.51. The number of nitrogens with one attached hydrogen (secondary N) is 1. The maximum atomic E-state index is 12.8. The van der Waals surface area contributed by atoms with Crippen LogP contribution >= 0.6 is 11.3 Å². The molecule has 0 saturated heterocycles. The number of rotatable bonds is 5. The van der Waals surface area contributed by atoms with Crippen LogP contribution in [-0.2, 0) is 14.3 Å². The lowest BCUT2D eigenvalue weighted by molar-refractivity contribution is -0.856. The highest BCUT2D eigenvalue weighted by atomic mass is 32.1. The molecule has 1 aliphatic rings. The van der Waals surface area contributed by atoms with Crippen LogP contribution in [0.15, 0.2) is 36.3 Å². The van der Waals surface area contributed by atoms with E-state index in [0.717, 1.165) is 16.8 Å². The number of fused-ring (bicyclic) bond motifs is 1. The predicted octanol–water partition coefficient (Wildman–Crippen LogP) is 0.662. The second-order valence-corrected chi connectivity index (χ2v) is 6.59. The van der Waals surface area contributed by atoms with Gasteiger partial charge in [-0.2, -0.15) is 0 Å². The van der Waals surface area contributed by atoms with Crippen molar-refractivity contribution < 1.29 is 19.2 Å². The van der Waals surface area contributed by atoms with Gasteiger partial charge in [-0.15, -0.1) is 0 Å². The van der Waals surface area contributed by atoms with Gasteiger partial charge in [-0.3, -0.25) is 9.69 Å². The van der Waals surface area contributed by atoms with Gasteiger partial charge < -0.3 is 14.4 Å². The van der Waals surface area contributed by atoms with Crippen molar-refractivity contribution in [3.05, 3.63) is 36.3 Å². The van der Waals surface area contributed by atoms with Gasteiger partial charge in [0.1, 0.15) is 19.5 Å². The minimum atomic E-state index is -0.204. The number of thiazole rings is 1. The Hall–Kier alpha value is -2.12. The molecule has 1 N–H and O–H groups in total. The zero-order valence-corrected chi connectivity index (χ0v) is 14.1. The molecule has 1 amide bonds. The first kappa shape index (κ1) is 15.8. The molecule has 2 heterocycles. The fraction of sp³-hybridized carbons (Fsp3) is 0.375. The average Bonchev–Trinajstić information content (AvgIpc) is 2.99. The van der Waals surface area contributed by atoms with Gasteiger partial charge in [0.25, 0.3) is 5.91 Å². The van der Waals surface area contributed by atoms with E-state index < -0.39 is 0 Å². The van der Waals surface area contributed by atoms with Gasteiger partial charge in [0.05, 0.1) is 37.4 Å². The van der Waals surface area contributed by atoms with Crippen molar-refractivity contribution in [3.63, 3.8) is 0 Å². The number of hydrogen-bond donors (Lipinski definition) is 1. The second-order valence-electron chi connectivity index (χ2n) is 5.58. The molecule has 0 bridgehead atoms. The van der Waals surface area contributed by atoms with Gasteiger partial charge in [-0.25, -0.2) is 4.98 Å². The summed E-state index contributed by atoms with van der Waals surface area (Å²) in [6.07, 6.45) is 1.40. The van der Waals surface area contributed by atoms with Crippen LogP contribution in [0.3, 0.4) is 0 Å². The highest BCUT2D eigenvalue weighted by Crippen LogP contribution is 2.29. The molecule has 0 aliphatic carbocycles. The number of para-hydroxylation sites is 1. The fourth-order valence-electron chi connectivity index (χ4n) is 2.21. The van der Waals surface area contributed by atoms with Crippen LogP contribution in [0.1, 0.15) is 0 Å². The van der Waals surface area contributed by atoms with Crippen molar-refractivity contribution in [1.82, 2.24) is 4.98 Å². The monoisotopic (exact) mass is 334 g/mol. The minimum Gasteiger partial charge on any atom is -0.494 e. The number of anilines is 1. The topological polar surface area (TPSA) is 56.1 Å². The van der Waals surface area contributed by atoms with Gasteiger partial charge in [0.2, 0.25) is 5.76 Å². The Morgan fingerprint density at radius 3 is 2.87 bits per heavy atom. The second kappa shape index (κ2) is 6.97. The first-order valence-corrected chi connectivity index (χ1v) is 8.38. The molecule has 6 nitrogen and oxygen atoms in total. The molecule has 1 aromatic carbocycles. The first-order valence-electron chi connectivity index (χ1n) is 7.56. The van der Waals surface area contributed by atoms with Gasteiger partial charge >= 0.3 is 0 Å². The first-order chi connectivity index (χ1) is 11.1. The zero-order valence-electron chi connectivity index (χ0n) is 13.2. The number of ether oxygens (including phenoxy) is 2. The quantitative estimate of drug-likeness (QED) is 0.873. The predicted molar refractivity (Wildman–Crippen MR) is 89.6 cm³/mol. The molecule has 7 heteroatoms. The van der Waals surface area contributed by atoms with E-state index in [1.54, 1.807) is 4.90 Å². The summed E-state index contributed by atoms with van der Waals surface area (Å²) in [7, 11) is 4.11. The Labute approximate surface area is 138 Å². The van der Waals surface area contributed by atoms with Crippen molar-refractivity contribution in [2.45, 2.75) is 0 Å². The molecule has 0 fully saturated rings. The van der Waals surface area contributed by atoms with Crippen LogP contribution in [0, 0.1) is 0 Å². The Kier molecular flexibility index (Phi) is 4.78.